The second kappa shape index (κ2) is 2.81. The molecule has 1 N–H and O–H groups in total. The standard InChI is InChI=1S/C8H16N2O/c1-8(2)6-7(11)9-4-5-10(8)3/h4-6H2,1-3H3,(H,9,11). The van der Waals surface area contributed by atoms with Gasteiger partial charge in [-0.15, -0.1) is 0 Å². The van der Waals surface area contributed by atoms with Crippen LogP contribution in [0.4, 0.5) is 0 Å². The van der Waals surface area contributed by atoms with Crippen molar-refractivity contribution >= 4 is 5.91 Å². The smallest absolute Gasteiger partial charge is 0.221 e. The zero-order valence-corrected chi connectivity index (χ0v) is 7.48. The van der Waals surface area contributed by atoms with Gasteiger partial charge in [-0.3, -0.25) is 9.69 Å². The Morgan fingerprint density at radius 2 is 2.18 bits per heavy atom. The van der Waals surface area contributed by atoms with Crippen LogP contribution < -0.4 is 5.32 Å². The summed E-state index contributed by atoms with van der Waals surface area (Å²) in [6.07, 6.45) is 0.601. The molecule has 1 amide bonds. The minimum atomic E-state index is 0.0145. The van der Waals surface area contributed by atoms with Crippen molar-refractivity contribution in [2.45, 2.75) is 25.8 Å². The first-order chi connectivity index (χ1) is 5.02. The fourth-order valence-corrected chi connectivity index (χ4v) is 1.26. The van der Waals surface area contributed by atoms with Crippen molar-refractivity contribution in [2.24, 2.45) is 0 Å². The second-order valence-corrected chi connectivity index (χ2v) is 3.76. The first kappa shape index (κ1) is 8.53. The fourth-order valence-electron chi connectivity index (χ4n) is 1.26. The molecule has 0 aliphatic carbocycles. The molecule has 1 saturated heterocycles. The highest BCUT2D eigenvalue weighted by Crippen LogP contribution is 2.17. The van der Waals surface area contributed by atoms with E-state index < -0.39 is 0 Å². The van der Waals surface area contributed by atoms with Gasteiger partial charge < -0.3 is 5.32 Å². The summed E-state index contributed by atoms with van der Waals surface area (Å²) in [6.45, 7) is 5.91. The van der Waals surface area contributed by atoms with Crippen LogP contribution in [-0.2, 0) is 4.79 Å². The van der Waals surface area contributed by atoms with E-state index in [-0.39, 0.29) is 11.4 Å². The lowest BCUT2D eigenvalue weighted by atomic mass is 9.99. The Morgan fingerprint density at radius 3 is 2.82 bits per heavy atom. The third-order valence-electron chi connectivity index (χ3n) is 2.40. The third kappa shape index (κ3) is 1.93. The molecule has 1 heterocycles. The molecule has 0 aromatic heterocycles. The summed E-state index contributed by atoms with van der Waals surface area (Å²) in [7, 11) is 2.06. The molecule has 0 atom stereocenters. The molecule has 0 radical (unpaired) electrons. The van der Waals surface area contributed by atoms with Gasteiger partial charge in [0.05, 0.1) is 0 Å². The summed E-state index contributed by atoms with van der Waals surface area (Å²) in [5.74, 6) is 0.166. The SMILES string of the molecule is CN1CCNC(=O)CC1(C)C. The van der Waals surface area contributed by atoms with Crippen LogP contribution >= 0.6 is 0 Å². The maximum absolute atomic E-state index is 11.1. The van der Waals surface area contributed by atoms with E-state index in [9.17, 15) is 4.79 Å². The molecule has 0 spiro atoms. The zero-order chi connectivity index (χ0) is 8.48. The van der Waals surface area contributed by atoms with Crippen LogP contribution in [-0.4, -0.2) is 36.5 Å². The number of hydrogen-bond acceptors (Lipinski definition) is 2. The first-order valence-corrected chi connectivity index (χ1v) is 4.00. The molecule has 1 aliphatic rings. The number of amides is 1. The normalized spacial score (nSPS) is 25.9. The van der Waals surface area contributed by atoms with E-state index >= 15 is 0 Å². The molecular formula is C8H16N2O. The van der Waals surface area contributed by atoms with Gasteiger partial charge in [0.1, 0.15) is 0 Å². The Kier molecular flexibility index (Phi) is 2.18. The van der Waals surface area contributed by atoms with Crippen LogP contribution in [0, 0.1) is 0 Å². The van der Waals surface area contributed by atoms with Gasteiger partial charge >= 0.3 is 0 Å². The van der Waals surface area contributed by atoms with E-state index in [1.54, 1.807) is 0 Å². The number of carbonyl (C=O) groups excluding carboxylic acids is 1. The summed E-state index contributed by atoms with van der Waals surface area (Å²) >= 11 is 0. The van der Waals surface area contributed by atoms with E-state index in [0.717, 1.165) is 13.1 Å². The van der Waals surface area contributed by atoms with E-state index in [1.807, 2.05) is 0 Å². The highest BCUT2D eigenvalue weighted by Gasteiger charge is 2.28. The summed E-state index contributed by atoms with van der Waals surface area (Å²) < 4.78 is 0. The lowest BCUT2D eigenvalue weighted by Crippen LogP contribution is -2.41. The molecule has 0 bridgehead atoms. The molecule has 0 saturated carbocycles. The van der Waals surface area contributed by atoms with E-state index in [1.165, 1.54) is 0 Å². The Morgan fingerprint density at radius 1 is 1.55 bits per heavy atom. The number of rotatable bonds is 0. The van der Waals surface area contributed by atoms with Crippen LogP contribution in [0.1, 0.15) is 20.3 Å². The Balaban J connectivity index is 2.68. The molecule has 0 aromatic rings. The minimum absolute atomic E-state index is 0.0145. The molecule has 1 rings (SSSR count). The van der Waals surface area contributed by atoms with Crippen molar-refractivity contribution in [2.75, 3.05) is 20.1 Å². The number of carbonyl (C=O) groups is 1. The van der Waals surface area contributed by atoms with Gasteiger partial charge in [-0.05, 0) is 20.9 Å². The number of likely N-dealkylation sites (N-methyl/N-ethyl adjacent to an activating group) is 1. The second-order valence-electron chi connectivity index (χ2n) is 3.76. The molecule has 1 aliphatic heterocycles. The largest absolute Gasteiger partial charge is 0.355 e. The van der Waals surface area contributed by atoms with Crippen molar-refractivity contribution in [3.63, 3.8) is 0 Å². The fraction of sp³-hybridized carbons (Fsp3) is 0.875. The molecule has 3 nitrogen and oxygen atoms in total. The maximum Gasteiger partial charge on any atom is 0.221 e. The zero-order valence-electron chi connectivity index (χ0n) is 7.48. The van der Waals surface area contributed by atoms with Crippen molar-refractivity contribution < 1.29 is 4.79 Å². The van der Waals surface area contributed by atoms with E-state index in [0.29, 0.717) is 6.42 Å². The number of nitrogens with zero attached hydrogens (tertiary/aromatic N) is 1. The lowest BCUT2D eigenvalue weighted by molar-refractivity contribution is -0.122. The van der Waals surface area contributed by atoms with Crippen molar-refractivity contribution in [1.29, 1.82) is 0 Å². The topological polar surface area (TPSA) is 32.3 Å². The van der Waals surface area contributed by atoms with Crippen LogP contribution in [0.25, 0.3) is 0 Å². The molecule has 64 valence electrons. The van der Waals surface area contributed by atoms with Gasteiger partial charge in [0.25, 0.3) is 0 Å². The van der Waals surface area contributed by atoms with Gasteiger partial charge in [0, 0.05) is 25.0 Å². The minimum Gasteiger partial charge on any atom is -0.355 e. The van der Waals surface area contributed by atoms with Gasteiger partial charge in [-0.2, -0.15) is 0 Å². The average molecular weight is 156 g/mol. The summed E-state index contributed by atoms with van der Waals surface area (Å²) in [5, 5.41) is 2.85. The number of nitrogens with one attached hydrogen (secondary N) is 1. The van der Waals surface area contributed by atoms with Crippen molar-refractivity contribution in [1.82, 2.24) is 10.2 Å². The Labute approximate surface area is 67.8 Å². The molecular weight excluding hydrogens is 140 g/mol. The number of hydrogen-bond donors (Lipinski definition) is 1. The van der Waals surface area contributed by atoms with Crippen LogP contribution in [0.3, 0.4) is 0 Å². The van der Waals surface area contributed by atoms with Gasteiger partial charge in [-0.25, -0.2) is 0 Å². The highest BCUT2D eigenvalue weighted by molar-refractivity contribution is 5.77. The summed E-state index contributed by atoms with van der Waals surface area (Å²) in [5.41, 5.74) is 0.0145. The first-order valence-electron chi connectivity index (χ1n) is 4.00. The summed E-state index contributed by atoms with van der Waals surface area (Å²) in [4.78, 5) is 13.3. The Hall–Kier alpha value is -0.570. The quantitative estimate of drug-likeness (QED) is 0.544. The monoisotopic (exact) mass is 156 g/mol. The highest BCUT2D eigenvalue weighted by atomic mass is 16.1. The molecule has 11 heavy (non-hydrogen) atoms. The molecule has 1 fully saturated rings. The van der Waals surface area contributed by atoms with Crippen LogP contribution in [0.15, 0.2) is 0 Å². The molecule has 0 aromatic carbocycles. The predicted molar refractivity (Wildman–Crippen MR) is 44.3 cm³/mol. The predicted octanol–water partition coefficient (Wildman–Crippen LogP) is 0.217. The Bertz CT molecular complexity index is 165. The molecule has 0 unspecified atom stereocenters. The van der Waals surface area contributed by atoms with Crippen molar-refractivity contribution in [3.05, 3.63) is 0 Å². The molecule has 3 heteroatoms. The van der Waals surface area contributed by atoms with Gasteiger partial charge in [0.2, 0.25) is 5.91 Å². The van der Waals surface area contributed by atoms with Crippen LogP contribution in [0.5, 0.6) is 0 Å². The van der Waals surface area contributed by atoms with Gasteiger partial charge in [-0.1, -0.05) is 0 Å². The van der Waals surface area contributed by atoms with E-state index in [2.05, 4.69) is 31.1 Å². The van der Waals surface area contributed by atoms with E-state index in [4.69, 9.17) is 0 Å². The van der Waals surface area contributed by atoms with Crippen molar-refractivity contribution in [3.8, 4) is 0 Å². The lowest BCUT2D eigenvalue weighted by Gasteiger charge is -2.32. The van der Waals surface area contributed by atoms with Gasteiger partial charge in [0.15, 0.2) is 0 Å². The maximum atomic E-state index is 11.1. The summed E-state index contributed by atoms with van der Waals surface area (Å²) in [6, 6.07) is 0. The van der Waals surface area contributed by atoms with Crippen LogP contribution in [0.2, 0.25) is 0 Å². The third-order valence-corrected chi connectivity index (χ3v) is 2.40. The average Bonchev–Trinajstić information content (AvgIpc) is 1.93.